The largest absolute Gasteiger partial charge is 0.444 e. The number of carbonyl (C=O) groups is 2. The van der Waals surface area contributed by atoms with Crippen LogP contribution in [0.2, 0.25) is 5.02 Å². The molecule has 2 amide bonds. The number of primary amides is 1. The Labute approximate surface area is 149 Å². The number of oxazole rings is 1. The van der Waals surface area contributed by atoms with Gasteiger partial charge in [-0.05, 0) is 29.8 Å². The Kier molecular flexibility index (Phi) is 4.87. The molecule has 0 bridgehead atoms. The van der Waals surface area contributed by atoms with Crippen molar-refractivity contribution >= 4 is 23.4 Å². The van der Waals surface area contributed by atoms with Gasteiger partial charge in [0.25, 0.3) is 5.91 Å². The molecule has 8 heteroatoms. The van der Waals surface area contributed by atoms with E-state index >= 15 is 0 Å². The second-order valence-electron chi connectivity index (χ2n) is 5.50. The van der Waals surface area contributed by atoms with Crippen molar-refractivity contribution in [1.82, 2.24) is 9.88 Å². The maximum absolute atomic E-state index is 12.1. The molecule has 3 rings (SSSR count). The fourth-order valence-electron chi connectivity index (χ4n) is 2.71. The number of hydrogen-bond donors (Lipinski definition) is 1. The molecule has 0 unspecified atom stereocenters. The smallest absolute Gasteiger partial charge is 0.270 e. The zero-order chi connectivity index (χ0) is 18.0. The van der Waals surface area contributed by atoms with Gasteiger partial charge in [0.05, 0.1) is 19.3 Å². The highest BCUT2D eigenvalue weighted by Gasteiger charge is 2.28. The van der Waals surface area contributed by atoms with Crippen molar-refractivity contribution in [3.8, 4) is 11.5 Å². The van der Waals surface area contributed by atoms with E-state index in [1.807, 2.05) is 0 Å². The van der Waals surface area contributed by atoms with Crippen molar-refractivity contribution in [3.05, 3.63) is 53.4 Å². The van der Waals surface area contributed by atoms with Crippen molar-refractivity contribution in [3.63, 3.8) is 0 Å². The molecule has 1 aliphatic heterocycles. The lowest BCUT2D eigenvalue weighted by molar-refractivity contribution is -0.134. The van der Waals surface area contributed by atoms with Crippen LogP contribution >= 0.6 is 11.6 Å². The summed E-state index contributed by atoms with van der Waals surface area (Å²) in [5.41, 5.74) is 6.57. The van der Waals surface area contributed by atoms with Gasteiger partial charge in [-0.15, -0.1) is 0 Å². The Hall–Kier alpha value is -2.64. The second-order valence-corrected chi connectivity index (χ2v) is 5.94. The van der Waals surface area contributed by atoms with Gasteiger partial charge in [0.15, 0.2) is 5.69 Å². The number of amides is 2. The number of morpholine rings is 1. The van der Waals surface area contributed by atoms with Gasteiger partial charge in [0.2, 0.25) is 11.8 Å². The first-order chi connectivity index (χ1) is 12.0. The van der Waals surface area contributed by atoms with E-state index in [1.165, 1.54) is 12.3 Å². The molecule has 1 aliphatic rings. The number of hydrogen-bond acceptors (Lipinski definition) is 5. The molecule has 7 nitrogen and oxygen atoms in total. The summed E-state index contributed by atoms with van der Waals surface area (Å²) in [5.74, 6) is -0.640. The van der Waals surface area contributed by atoms with Gasteiger partial charge in [0, 0.05) is 17.1 Å². The number of halogens is 1. The highest BCUT2D eigenvalue weighted by molar-refractivity contribution is 6.31. The summed E-state index contributed by atoms with van der Waals surface area (Å²) >= 11 is 6.22. The first-order valence-corrected chi connectivity index (χ1v) is 7.94. The minimum absolute atomic E-state index is 0.0287. The van der Waals surface area contributed by atoms with Gasteiger partial charge in [-0.1, -0.05) is 18.2 Å². The van der Waals surface area contributed by atoms with Gasteiger partial charge in [0.1, 0.15) is 6.26 Å². The van der Waals surface area contributed by atoms with Crippen LogP contribution in [0.15, 0.2) is 41.5 Å². The number of carbonyl (C=O) groups excluding carboxylic acids is 2. The minimum atomic E-state index is -0.680. The van der Waals surface area contributed by atoms with Crippen LogP contribution in [0.5, 0.6) is 0 Å². The maximum Gasteiger partial charge on any atom is 0.270 e. The number of benzene rings is 1. The lowest BCUT2D eigenvalue weighted by atomic mass is 10.0. The highest BCUT2D eigenvalue weighted by atomic mass is 35.5. The van der Waals surface area contributed by atoms with Crippen molar-refractivity contribution in [1.29, 1.82) is 0 Å². The van der Waals surface area contributed by atoms with Crippen LogP contribution in [0.1, 0.15) is 22.1 Å². The van der Waals surface area contributed by atoms with Crippen molar-refractivity contribution in [2.45, 2.75) is 6.04 Å². The van der Waals surface area contributed by atoms with E-state index in [1.54, 1.807) is 23.1 Å². The van der Waals surface area contributed by atoms with Crippen LogP contribution in [-0.4, -0.2) is 41.5 Å². The van der Waals surface area contributed by atoms with Crippen molar-refractivity contribution < 1.29 is 18.7 Å². The minimum Gasteiger partial charge on any atom is -0.444 e. The fraction of sp³-hybridized carbons (Fsp3) is 0.235. The lowest BCUT2D eigenvalue weighted by Crippen LogP contribution is -2.42. The van der Waals surface area contributed by atoms with E-state index in [-0.39, 0.29) is 23.5 Å². The third-order valence-electron chi connectivity index (χ3n) is 3.89. The Morgan fingerprint density at radius 3 is 2.88 bits per heavy atom. The Bertz CT molecular complexity index is 833. The van der Waals surface area contributed by atoms with Crippen LogP contribution in [0.25, 0.3) is 11.5 Å². The average Bonchev–Trinajstić information content (AvgIpc) is 3.11. The number of rotatable bonds is 4. The summed E-state index contributed by atoms with van der Waals surface area (Å²) in [4.78, 5) is 29.0. The van der Waals surface area contributed by atoms with Gasteiger partial charge in [-0.3, -0.25) is 9.59 Å². The fourth-order valence-corrected chi connectivity index (χ4v) is 2.95. The molecule has 0 saturated carbocycles. The molecule has 0 aliphatic carbocycles. The predicted molar refractivity (Wildman–Crippen MR) is 90.9 cm³/mol. The Balaban J connectivity index is 1.99. The molecule has 2 heterocycles. The van der Waals surface area contributed by atoms with Crippen molar-refractivity contribution in [2.75, 3.05) is 19.8 Å². The van der Waals surface area contributed by atoms with Crippen molar-refractivity contribution in [2.24, 2.45) is 5.73 Å². The molecular weight excluding hydrogens is 346 g/mol. The molecule has 1 aromatic heterocycles. The third kappa shape index (κ3) is 3.57. The molecule has 1 atom stereocenters. The summed E-state index contributed by atoms with van der Waals surface area (Å²) in [5, 5.41) is 0.447. The summed E-state index contributed by atoms with van der Waals surface area (Å²) in [6.45, 7) is 4.81. The molecular formula is C17H16ClN3O4. The van der Waals surface area contributed by atoms with Gasteiger partial charge < -0.3 is 19.8 Å². The number of nitrogens with two attached hydrogens (primary N) is 1. The lowest BCUT2D eigenvalue weighted by Gasteiger charge is -2.35. The number of aromatic nitrogens is 1. The zero-order valence-corrected chi connectivity index (χ0v) is 14.0. The number of nitrogens with zero attached hydrogens (tertiary/aromatic N) is 2. The first kappa shape index (κ1) is 17.2. The van der Waals surface area contributed by atoms with Gasteiger partial charge >= 0.3 is 0 Å². The standard InChI is InChI=1S/C17H16ClN3O4/c1-2-15(22)21-3-4-24-9-14(21)10-5-11(7-12(18)6-10)17-20-13(8-25-17)16(19)23/h2,5-8,14H,1,3-4,9H2,(H2,19,23)/t14-/m0/s1. The normalized spacial score (nSPS) is 17.3. The molecule has 130 valence electrons. The summed E-state index contributed by atoms with van der Waals surface area (Å²) < 4.78 is 10.8. The van der Waals surface area contributed by atoms with Crippen LogP contribution in [0, 0.1) is 0 Å². The topological polar surface area (TPSA) is 98.7 Å². The van der Waals surface area contributed by atoms with Crippen LogP contribution in [0.4, 0.5) is 0 Å². The first-order valence-electron chi connectivity index (χ1n) is 7.56. The molecule has 1 aromatic carbocycles. The van der Waals surface area contributed by atoms with E-state index in [4.69, 9.17) is 26.5 Å². The Morgan fingerprint density at radius 2 is 2.20 bits per heavy atom. The zero-order valence-electron chi connectivity index (χ0n) is 13.3. The summed E-state index contributed by atoms with van der Waals surface area (Å²) in [6, 6.07) is 4.91. The quantitative estimate of drug-likeness (QED) is 0.841. The SMILES string of the molecule is C=CC(=O)N1CCOC[C@H]1c1cc(Cl)cc(-c2nc(C(N)=O)co2)c1. The molecule has 1 saturated heterocycles. The Morgan fingerprint density at radius 1 is 1.40 bits per heavy atom. The van der Waals surface area contributed by atoms with Crippen LogP contribution < -0.4 is 5.73 Å². The van der Waals surface area contributed by atoms with E-state index < -0.39 is 5.91 Å². The van der Waals surface area contributed by atoms with E-state index in [2.05, 4.69) is 11.6 Å². The maximum atomic E-state index is 12.1. The molecule has 25 heavy (non-hydrogen) atoms. The van der Waals surface area contributed by atoms with Gasteiger partial charge in [-0.2, -0.15) is 0 Å². The number of ether oxygens (including phenoxy) is 1. The van der Waals surface area contributed by atoms with Gasteiger partial charge in [-0.25, -0.2) is 4.98 Å². The molecule has 0 spiro atoms. The predicted octanol–water partition coefficient (Wildman–Crippen LogP) is 2.18. The molecule has 2 N–H and O–H groups in total. The molecule has 0 radical (unpaired) electrons. The molecule has 1 fully saturated rings. The second kappa shape index (κ2) is 7.08. The highest BCUT2D eigenvalue weighted by Crippen LogP contribution is 2.31. The van der Waals surface area contributed by atoms with Crippen LogP contribution in [-0.2, 0) is 9.53 Å². The van der Waals surface area contributed by atoms with E-state index in [0.717, 1.165) is 5.56 Å². The third-order valence-corrected chi connectivity index (χ3v) is 4.11. The summed E-state index contributed by atoms with van der Waals surface area (Å²) in [7, 11) is 0. The monoisotopic (exact) mass is 361 g/mol. The average molecular weight is 362 g/mol. The summed E-state index contributed by atoms with van der Waals surface area (Å²) in [6.07, 6.45) is 2.46. The molecule has 2 aromatic rings. The van der Waals surface area contributed by atoms with E-state index in [9.17, 15) is 9.59 Å². The van der Waals surface area contributed by atoms with Crippen LogP contribution in [0.3, 0.4) is 0 Å². The van der Waals surface area contributed by atoms with E-state index in [0.29, 0.717) is 30.3 Å².